The molecule has 0 heterocycles. The fourth-order valence-electron chi connectivity index (χ4n) is 1.98. The van der Waals surface area contributed by atoms with Gasteiger partial charge in [-0.25, -0.2) is 4.79 Å². The number of esters is 1. The highest BCUT2D eigenvalue weighted by Gasteiger charge is 2.00. The third-order valence-corrected chi connectivity index (χ3v) is 3.38. The third kappa shape index (κ3) is 15.4. The number of hydrogen-bond acceptors (Lipinski definition) is 3. The minimum Gasteiger partial charge on any atom is -0.456 e. The van der Waals surface area contributed by atoms with Gasteiger partial charge in [-0.3, -0.25) is 0 Å². The van der Waals surface area contributed by atoms with Crippen molar-refractivity contribution in [1.82, 2.24) is 0 Å². The summed E-state index contributed by atoms with van der Waals surface area (Å²) in [6.45, 7) is 9.35. The first-order chi connectivity index (χ1) is 10.7. The normalized spacial score (nSPS) is 11.6. The van der Waals surface area contributed by atoms with E-state index in [1.807, 2.05) is 0 Å². The lowest BCUT2D eigenvalue weighted by Crippen LogP contribution is -2.08. The number of carbonyl (C=O) groups excluding carboxylic acids is 1. The van der Waals surface area contributed by atoms with Crippen LogP contribution in [0.5, 0.6) is 0 Å². The average molecular weight is 309 g/mol. The molecule has 0 saturated carbocycles. The molecule has 127 valence electrons. The zero-order valence-electron chi connectivity index (χ0n) is 14.5. The summed E-state index contributed by atoms with van der Waals surface area (Å²) in [6.07, 6.45) is 10.6. The molecule has 0 saturated heterocycles. The van der Waals surface area contributed by atoms with E-state index in [0.29, 0.717) is 12.7 Å². The molecule has 0 aromatic rings. The van der Waals surface area contributed by atoms with E-state index in [1.54, 1.807) is 0 Å². The van der Waals surface area contributed by atoms with Crippen LogP contribution in [0.15, 0.2) is 0 Å². The average Bonchev–Trinajstić information content (AvgIpc) is 2.51. The minimum atomic E-state index is -0.394. The molecule has 0 bridgehead atoms. The molecule has 0 aliphatic carbocycles. The Morgan fingerprint density at radius 3 is 2.59 bits per heavy atom. The Kier molecular flexibility index (Phi) is 15.6. The minimum absolute atomic E-state index is 0.315. The van der Waals surface area contributed by atoms with Gasteiger partial charge < -0.3 is 9.47 Å². The number of ether oxygens (including phenoxy) is 2. The van der Waals surface area contributed by atoms with Crippen LogP contribution in [0.4, 0.5) is 0 Å². The molecule has 0 spiro atoms. The van der Waals surface area contributed by atoms with E-state index in [9.17, 15) is 4.79 Å². The maximum atomic E-state index is 11.3. The third-order valence-electron chi connectivity index (χ3n) is 3.38. The maximum Gasteiger partial charge on any atom is 0.384 e. The van der Waals surface area contributed by atoms with Crippen molar-refractivity contribution in [2.75, 3.05) is 13.2 Å². The standard InChI is InChI=1S/C19H33O3/c1-4-6-8-12-17-22-19(20)15-11-9-10-13-16-21-18(3)14-7-5-2/h18H,2,4-10,12-14,16-17H2,1,3H3. The van der Waals surface area contributed by atoms with Gasteiger partial charge >= 0.3 is 5.97 Å². The second-order valence-corrected chi connectivity index (χ2v) is 5.63. The molecule has 3 nitrogen and oxygen atoms in total. The fraction of sp³-hybridized carbons (Fsp3) is 0.789. The smallest absolute Gasteiger partial charge is 0.384 e. The molecule has 0 aliphatic rings. The Hall–Kier alpha value is -1.01. The Labute approximate surface area is 137 Å². The summed E-state index contributed by atoms with van der Waals surface area (Å²) in [5.74, 6) is 5.02. The summed E-state index contributed by atoms with van der Waals surface area (Å²) in [5.41, 5.74) is 0. The van der Waals surface area contributed by atoms with Crippen molar-refractivity contribution in [3.63, 3.8) is 0 Å². The number of hydrogen-bond donors (Lipinski definition) is 0. The van der Waals surface area contributed by atoms with Crippen LogP contribution in [0.1, 0.15) is 78.1 Å². The van der Waals surface area contributed by atoms with E-state index in [0.717, 1.165) is 58.0 Å². The lowest BCUT2D eigenvalue weighted by atomic mass is 10.2. The molecule has 0 aromatic carbocycles. The first kappa shape index (κ1) is 21.0. The molecule has 1 unspecified atom stereocenters. The lowest BCUT2D eigenvalue weighted by Gasteiger charge is -2.11. The van der Waals surface area contributed by atoms with Gasteiger partial charge in [0, 0.05) is 18.9 Å². The molecule has 0 amide bonds. The van der Waals surface area contributed by atoms with E-state index < -0.39 is 5.97 Å². The highest BCUT2D eigenvalue weighted by atomic mass is 16.5. The van der Waals surface area contributed by atoms with Crippen molar-refractivity contribution in [1.29, 1.82) is 0 Å². The lowest BCUT2D eigenvalue weighted by molar-refractivity contribution is -0.136. The Bertz CT molecular complexity index is 314. The predicted molar refractivity (Wildman–Crippen MR) is 91.4 cm³/mol. The van der Waals surface area contributed by atoms with E-state index in [-0.39, 0.29) is 0 Å². The van der Waals surface area contributed by atoms with Gasteiger partial charge in [-0.1, -0.05) is 51.9 Å². The van der Waals surface area contributed by atoms with Crippen LogP contribution in [0.3, 0.4) is 0 Å². The molecule has 0 rings (SSSR count). The van der Waals surface area contributed by atoms with Crippen molar-refractivity contribution in [3.8, 4) is 11.8 Å². The van der Waals surface area contributed by atoms with Crippen molar-refractivity contribution in [3.05, 3.63) is 6.92 Å². The van der Waals surface area contributed by atoms with Crippen LogP contribution in [-0.4, -0.2) is 25.3 Å². The van der Waals surface area contributed by atoms with Gasteiger partial charge in [0.1, 0.15) is 0 Å². The van der Waals surface area contributed by atoms with Crippen LogP contribution in [0.2, 0.25) is 0 Å². The Morgan fingerprint density at radius 2 is 1.86 bits per heavy atom. The monoisotopic (exact) mass is 309 g/mol. The molecular formula is C19H33O3. The molecule has 1 atom stereocenters. The molecule has 0 aliphatic heterocycles. The van der Waals surface area contributed by atoms with E-state index in [1.165, 1.54) is 12.8 Å². The van der Waals surface area contributed by atoms with Gasteiger partial charge in [-0.15, -0.1) is 0 Å². The highest BCUT2D eigenvalue weighted by Crippen LogP contribution is 2.05. The van der Waals surface area contributed by atoms with Gasteiger partial charge in [0.15, 0.2) is 0 Å². The molecule has 1 radical (unpaired) electrons. The number of carbonyl (C=O) groups is 1. The molecule has 0 fully saturated rings. The second-order valence-electron chi connectivity index (χ2n) is 5.63. The van der Waals surface area contributed by atoms with Gasteiger partial charge in [-0.2, -0.15) is 0 Å². The highest BCUT2D eigenvalue weighted by molar-refractivity contribution is 5.88. The molecule has 0 N–H and O–H groups in total. The van der Waals surface area contributed by atoms with E-state index in [2.05, 4.69) is 32.6 Å². The van der Waals surface area contributed by atoms with Crippen LogP contribution in [0.25, 0.3) is 0 Å². The van der Waals surface area contributed by atoms with Gasteiger partial charge in [0.25, 0.3) is 0 Å². The summed E-state index contributed by atoms with van der Waals surface area (Å²) in [4.78, 5) is 11.3. The van der Waals surface area contributed by atoms with Gasteiger partial charge in [0.2, 0.25) is 0 Å². The van der Waals surface area contributed by atoms with Crippen LogP contribution >= 0.6 is 0 Å². The van der Waals surface area contributed by atoms with Gasteiger partial charge in [-0.05, 0) is 32.6 Å². The zero-order valence-corrected chi connectivity index (χ0v) is 14.5. The predicted octanol–water partition coefficient (Wildman–Crippen LogP) is 4.69. The summed E-state index contributed by atoms with van der Waals surface area (Å²) >= 11 is 0. The van der Waals surface area contributed by atoms with Crippen molar-refractivity contribution < 1.29 is 14.3 Å². The quantitative estimate of drug-likeness (QED) is 0.214. The van der Waals surface area contributed by atoms with Crippen LogP contribution in [0, 0.1) is 18.8 Å². The van der Waals surface area contributed by atoms with Crippen LogP contribution in [-0.2, 0) is 14.3 Å². The van der Waals surface area contributed by atoms with Crippen molar-refractivity contribution in [2.45, 2.75) is 84.2 Å². The summed E-state index contributed by atoms with van der Waals surface area (Å²) in [6, 6.07) is 0. The first-order valence-corrected chi connectivity index (χ1v) is 8.77. The first-order valence-electron chi connectivity index (χ1n) is 8.77. The Balaban J connectivity index is 3.41. The Morgan fingerprint density at radius 1 is 1.09 bits per heavy atom. The second kappa shape index (κ2) is 16.4. The topological polar surface area (TPSA) is 35.5 Å². The van der Waals surface area contributed by atoms with E-state index in [4.69, 9.17) is 9.47 Å². The van der Waals surface area contributed by atoms with Crippen molar-refractivity contribution in [2.24, 2.45) is 0 Å². The van der Waals surface area contributed by atoms with E-state index >= 15 is 0 Å². The molecule has 22 heavy (non-hydrogen) atoms. The van der Waals surface area contributed by atoms with Crippen LogP contribution < -0.4 is 0 Å². The molecule has 0 aromatic heterocycles. The largest absolute Gasteiger partial charge is 0.456 e. The number of unbranched alkanes of at least 4 members (excludes halogenated alkanes) is 6. The molecule has 3 heteroatoms. The van der Waals surface area contributed by atoms with Crippen molar-refractivity contribution >= 4 is 5.97 Å². The summed E-state index contributed by atoms with van der Waals surface area (Å²) < 4.78 is 10.7. The zero-order chi connectivity index (χ0) is 16.5. The molecular weight excluding hydrogens is 276 g/mol. The van der Waals surface area contributed by atoms with Gasteiger partial charge in [0.05, 0.1) is 12.7 Å². The summed E-state index contributed by atoms with van der Waals surface area (Å²) in [7, 11) is 0. The SMILES string of the molecule is [CH2]CCCC(C)OCCCCC#CC(=O)OCCCCCC. The number of rotatable bonds is 13. The summed E-state index contributed by atoms with van der Waals surface area (Å²) in [5, 5.41) is 0. The maximum absolute atomic E-state index is 11.3. The fourth-order valence-corrected chi connectivity index (χ4v) is 1.98.